The number of hydrogen-bond acceptors (Lipinski definition) is 5. The fourth-order valence-electron chi connectivity index (χ4n) is 11.0. The van der Waals surface area contributed by atoms with Gasteiger partial charge < -0.3 is 20.3 Å². The van der Waals surface area contributed by atoms with E-state index >= 15 is 0 Å². The Hall–Kier alpha value is -1.14. The summed E-state index contributed by atoms with van der Waals surface area (Å²) in [5, 5.41) is 23.3. The second kappa shape index (κ2) is 63.4. The topological polar surface area (TPSA) is 95.9 Å². The van der Waals surface area contributed by atoms with E-state index in [0.717, 1.165) is 38.5 Å². The summed E-state index contributed by atoms with van der Waals surface area (Å²) in [7, 11) is 0. The van der Waals surface area contributed by atoms with Gasteiger partial charge in [-0.3, -0.25) is 9.59 Å². The van der Waals surface area contributed by atoms with Crippen molar-refractivity contribution >= 4 is 11.9 Å². The highest BCUT2D eigenvalue weighted by Gasteiger charge is 2.20. The molecule has 0 bridgehead atoms. The van der Waals surface area contributed by atoms with Crippen LogP contribution >= 0.6 is 0 Å². The van der Waals surface area contributed by atoms with Crippen LogP contribution in [0.1, 0.15) is 393 Å². The van der Waals surface area contributed by atoms with Gasteiger partial charge in [-0.05, 0) is 25.7 Å². The van der Waals surface area contributed by atoms with Crippen molar-refractivity contribution in [1.29, 1.82) is 0 Å². The molecule has 6 heteroatoms. The van der Waals surface area contributed by atoms with Gasteiger partial charge in [0, 0.05) is 12.8 Å². The molecule has 0 radical (unpaired) electrons. The van der Waals surface area contributed by atoms with E-state index in [4.69, 9.17) is 4.74 Å². The van der Waals surface area contributed by atoms with Gasteiger partial charge in [-0.15, -0.1) is 0 Å². The van der Waals surface area contributed by atoms with Crippen LogP contribution in [0.2, 0.25) is 0 Å². The number of rotatable bonds is 64. The predicted molar refractivity (Wildman–Crippen MR) is 320 cm³/mol. The van der Waals surface area contributed by atoms with Crippen molar-refractivity contribution in [2.45, 2.75) is 405 Å². The summed E-state index contributed by atoms with van der Waals surface area (Å²) in [6, 6.07) is -0.538. The zero-order valence-electron chi connectivity index (χ0n) is 49.9. The smallest absolute Gasteiger partial charge is 0.305 e. The monoisotopic (exact) mass is 1030 g/mol. The maximum Gasteiger partial charge on any atom is 0.305 e. The Morgan fingerprint density at radius 1 is 0.329 bits per heavy atom. The van der Waals surface area contributed by atoms with Crippen molar-refractivity contribution in [3.05, 3.63) is 0 Å². The molecule has 0 saturated carbocycles. The lowest BCUT2D eigenvalue weighted by Gasteiger charge is -2.22. The number of aliphatic hydroxyl groups is 2. The molecule has 0 saturated heterocycles. The molecule has 2 unspecified atom stereocenters. The number of aliphatic hydroxyl groups excluding tert-OH is 2. The Morgan fingerprint density at radius 3 is 0.836 bits per heavy atom. The van der Waals surface area contributed by atoms with Crippen LogP contribution in [0.4, 0.5) is 0 Å². The third-order valence-electron chi connectivity index (χ3n) is 16.2. The number of esters is 1. The van der Waals surface area contributed by atoms with E-state index in [1.807, 2.05) is 0 Å². The van der Waals surface area contributed by atoms with Gasteiger partial charge in [-0.1, -0.05) is 354 Å². The Morgan fingerprint density at radius 2 is 0.562 bits per heavy atom. The van der Waals surface area contributed by atoms with Crippen molar-refractivity contribution in [2.75, 3.05) is 13.2 Å². The maximum absolute atomic E-state index is 12.5. The van der Waals surface area contributed by atoms with Crippen molar-refractivity contribution in [3.63, 3.8) is 0 Å². The molecule has 0 aliphatic carbocycles. The van der Waals surface area contributed by atoms with E-state index in [0.29, 0.717) is 25.9 Å². The van der Waals surface area contributed by atoms with Crippen LogP contribution in [0.25, 0.3) is 0 Å². The van der Waals surface area contributed by atoms with E-state index in [9.17, 15) is 19.8 Å². The zero-order chi connectivity index (χ0) is 52.9. The van der Waals surface area contributed by atoms with Gasteiger partial charge in [0.2, 0.25) is 5.91 Å². The first-order valence-corrected chi connectivity index (χ1v) is 33.8. The first-order valence-electron chi connectivity index (χ1n) is 33.8. The molecule has 0 aromatic carbocycles. The lowest BCUT2D eigenvalue weighted by Crippen LogP contribution is -2.45. The number of hydrogen-bond donors (Lipinski definition) is 3. The Labute approximate surface area is 457 Å². The van der Waals surface area contributed by atoms with E-state index < -0.39 is 12.1 Å². The molecule has 0 spiro atoms. The van der Waals surface area contributed by atoms with Crippen LogP contribution in [0.5, 0.6) is 0 Å². The highest BCUT2D eigenvalue weighted by molar-refractivity contribution is 5.76. The van der Waals surface area contributed by atoms with Crippen LogP contribution < -0.4 is 5.32 Å². The fraction of sp³-hybridized carbons (Fsp3) is 0.970. The molecule has 0 heterocycles. The average molecular weight is 1030 g/mol. The summed E-state index contributed by atoms with van der Waals surface area (Å²) >= 11 is 0. The Balaban J connectivity index is 3.31. The molecule has 73 heavy (non-hydrogen) atoms. The second-order valence-corrected chi connectivity index (χ2v) is 23.5. The van der Waals surface area contributed by atoms with Gasteiger partial charge in [0.05, 0.1) is 25.4 Å². The number of unbranched alkanes of at least 4 members (excludes halogenated alkanes) is 53. The Bertz CT molecular complexity index is 1050. The molecule has 2 atom stereocenters. The van der Waals surface area contributed by atoms with Gasteiger partial charge in [-0.2, -0.15) is 0 Å². The molecular weight excluding hydrogens is 899 g/mol. The summed E-state index contributed by atoms with van der Waals surface area (Å²) in [6.45, 7) is 4.99. The molecule has 0 aromatic heterocycles. The third kappa shape index (κ3) is 60.0. The quantitative estimate of drug-likeness (QED) is 0.0417. The van der Waals surface area contributed by atoms with Gasteiger partial charge in [0.1, 0.15) is 0 Å². The normalized spacial score (nSPS) is 12.4. The fourth-order valence-corrected chi connectivity index (χ4v) is 11.0. The van der Waals surface area contributed by atoms with Gasteiger partial charge in [0.25, 0.3) is 0 Å². The molecule has 1 amide bonds. The van der Waals surface area contributed by atoms with E-state index in [2.05, 4.69) is 19.2 Å². The number of amides is 1. The highest BCUT2D eigenvalue weighted by atomic mass is 16.5. The number of carbonyl (C=O) groups excluding carboxylic acids is 2. The Kier molecular flexibility index (Phi) is 62.4. The van der Waals surface area contributed by atoms with Crippen molar-refractivity contribution in [2.24, 2.45) is 0 Å². The minimum Gasteiger partial charge on any atom is -0.466 e. The van der Waals surface area contributed by atoms with Crippen molar-refractivity contribution in [3.8, 4) is 0 Å². The molecule has 0 aliphatic heterocycles. The number of nitrogens with one attached hydrogen (secondary N) is 1. The molecule has 0 aliphatic rings. The number of ether oxygens (including phenoxy) is 1. The van der Waals surface area contributed by atoms with Crippen molar-refractivity contribution < 1.29 is 24.5 Å². The van der Waals surface area contributed by atoms with Crippen molar-refractivity contribution in [1.82, 2.24) is 5.32 Å². The first-order chi connectivity index (χ1) is 36.0. The van der Waals surface area contributed by atoms with Crippen LogP contribution in [0, 0.1) is 0 Å². The predicted octanol–water partition coefficient (Wildman–Crippen LogP) is 21.4. The van der Waals surface area contributed by atoms with E-state index in [1.54, 1.807) is 0 Å². The summed E-state index contributed by atoms with van der Waals surface area (Å²) in [5.74, 6) is -0.00858. The van der Waals surface area contributed by atoms with Crippen LogP contribution in [0.3, 0.4) is 0 Å². The zero-order valence-corrected chi connectivity index (χ0v) is 49.9. The first kappa shape index (κ1) is 71.9. The highest BCUT2D eigenvalue weighted by Crippen LogP contribution is 2.19. The van der Waals surface area contributed by atoms with Gasteiger partial charge in [-0.25, -0.2) is 0 Å². The number of carbonyl (C=O) groups is 2. The average Bonchev–Trinajstić information content (AvgIpc) is 3.39. The molecule has 6 nitrogen and oxygen atoms in total. The summed E-state index contributed by atoms with van der Waals surface area (Å²) in [5.41, 5.74) is 0. The molecule has 0 fully saturated rings. The summed E-state index contributed by atoms with van der Waals surface area (Å²) in [6.07, 6.45) is 75.7. The third-order valence-corrected chi connectivity index (χ3v) is 16.2. The SMILES string of the molecule is CCCCCCCCCCCCCCCCCCCCC(=O)OCCCCCCCCCCCCCCCCCCCCCCCCCCCC(=O)NC(CO)C(O)CCCCCCCCCCCCCCC. The molecule has 436 valence electrons. The van der Waals surface area contributed by atoms with E-state index in [1.165, 1.54) is 321 Å². The van der Waals surface area contributed by atoms with Crippen LogP contribution in [-0.2, 0) is 14.3 Å². The maximum atomic E-state index is 12.5. The summed E-state index contributed by atoms with van der Waals surface area (Å²) in [4.78, 5) is 24.6. The standard InChI is InChI=1S/C67H133NO5/c1-3-5-7-9-11-13-15-17-18-19-30-33-37-41-45-49-53-57-61-67(72)73-62-58-54-50-46-42-38-34-31-28-26-24-22-20-21-23-25-27-29-32-36-40-44-48-52-56-60-66(71)68-64(63-69)65(70)59-55-51-47-43-39-35-16-14-12-10-8-6-4-2/h64-65,69-70H,3-63H2,1-2H3,(H,68,71). The lowest BCUT2D eigenvalue weighted by atomic mass is 10.0. The molecular formula is C67H133NO5. The molecule has 0 aromatic rings. The van der Waals surface area contributed by atoms with Crippen LogP contribution in [0.15, 0.2) is 0 Å². The molecule has 0 rings (SSSR count). The summed E-state index contributed by atoms with van der Waals surface area (Å²) < 4.78 is 5.51. The van der Waals surface area contributed by atoms with Crippen LogP contribution in [-0.4, -0.2) is 47.4 Å². The molecule has 3 N–H and O–H groups in total. The minimum absolute atomic E-state index is 0.0220. The lowest BCUT2D eigenvalue weighted by molar-refractivity contribution is -0.143. The second-order valence-electron chi connectivity index (χ2n) is 23.5. The van der Waals surface area contributed by atoms with E-state index in [-0.39, 0.29) is 18.5 Å². The minimum atomic E-state index is -0.661. The van der Waals surface area contributed by atoms with Gasteiger partial charge >= 0.3 is 5.97 Å². The largest absolute Gasteiger partial charge is 0.466 e. The van der Waals surface area contributed by atoms with Gasteiger partial charge in [0.15, 0.2) is 0 Å².